The lowest BCUT2D eigenvalue weighted by molar-refractivity contribution is 0.0227. The van der Waals surface area contributed by atoms with Crippen LogP contribution in [0, 0.1) is 0 Å². The number of ether oxygens (including phenoxy) is 2. The smallest absolute Gasteiger partial charge is 0.340 e. The summed E-state index contributed by atoms with van der Waals surface area (Å²) in [5, 5.41) is 7.46. The van der Waals surface area contributed by atoms with Gasteiger partial charge in [0.2, 0.25) is 0 Å². The van der Waals surface area contributed by atoms with E-state index >= 15 is 0 Å². The number of carbonyl (C=O) groups excluding carboxylic acids is 1. The normalized spacial score (nSPS) is 16.6. The molecular weight excluding hydrogens is 496 g/mol. The molecule has 2 N–H and O–H groups in total. The summed E-state index contributed by atoms with van der Waals surface area (Å²) >= 11 is 6.49. The monoisotopic (exact) mass is 516 g/mol. The first-order chi connectivity index (χ1) is 18.6. The highest BCUT2D eigenvalue weighted by Crippen LogP contribution is 2.58. The maximum absolute atomic E-state index is 13.3. The molecule has 0 bridgehead atoms. The number of hydrogen-bond acceptors (Lipinski definition) is 5. The van der Waals surface area contributed by atoms with Gasteiger partial charge >= 0.3 is 5.97 Å². The van der Waals surface area contributed by atoms with Crippen LogP contribution in [0.4, 0.5) is 22.7 Å². The van der Waals surface area contributed by atoms with E-state index in [4.69, 9.17) is 21.1 Å². The highest BCUT2D eigenvalue weighted by atomic mass is 35.5. The topological polar surface area (TPSA) is 59.6 Å². The van der Waals surface area contributed by atoms with E-state index in [-0.39, 0.29) is 5.97 Å². The number of hydrogen-bond donors (Lipinski definition) is 2. The van der Waals surface area contributed by atoms with E-state index in [1.165, 1.54) is 0 Å². The Morgan fingerprint density at radius 3 is 2.26 bits per heavy atom. The summed E-state index contributed by atoms with van der Waals surface area (Å²) in [6, 6.07) is 36.6. The lowest BCUT2D eigenvalue weighted by atomic mass is 9.77. The Labute approximate surface area is 224 Å². The predicted molar refractivity (Wildman–Crippen MR) is 149 cm³/mol. The van der Waals surface area contributed by atoms with E-state index in [2.05, 4.69) is 10.6 Å². The van der Waals surface area contributed by atoms with E-state index in [0.717, 1.165) is 39.4 Å². The minimum Gasteiger partial charge on any atom is -0.456 e. The molecule has 0 saturated carbocycles. The fourth-order valence-electron chi connectivity index (χ4n) is 5.31. The molecule has 0 aliphatic carbocycles. The maximum Gasteiger partial charge on any atom is 0.340 e. The fourth-order valence-corrected chi connectivity index (χ4v) is 5.49. The predicted octanol–water partition coefficient (Wildman–Crippen LogP) is 8.40. The van der Waals surface area contributed by atoms with Gasteiger partial charge in [-0.05, 0) is 54.6 Å². The SMILES string of the molecule is O=C1OC2(c3ccc(Nc4ccccc4)cc3Oc3cccc(Nc4ccccc4Cl)c32)c2ccccc21. The number of esters is 1. The zero-order valence-corrected chi connectivity index (χ0v) is 20.8. The highest BCUT2D eigenvalue weighted by molar-refractivity contribution is 6.33. The molecule has 184 valence electrons. The Hall–Kier alpha value is -4.74. The number of para-hydroxylation sites is 2. The average molecular weight is 517 g/mol. The Morgan fingerprint density at radius 1 is 0.632 bits per heavy atom. The van der Waals surface area contributed by atoms with Crippen LogP contribution in [0.1, 0.15) is 27.0 Å². The third kappa shape index (κ3) is 3.44. The standard InChI is InChI=1S/C32H21ClN2O3/c33-25-13-6-7-14-26(25)35-27-15-8-16-28-30(27)32(23-12-5-4-11-22(23)31(36)38-32)24-18-17-21(19-29(24)37-28)34-20-9-2-1-3-10-20/h1-19,34-35H. The quantitative estimate of drug-likeness (QED) is 0.235. The summed E-state index contributed by atoms with van der Waals surface area (Å²) in [6.07, 6.45) is 0. The molecule has 0 fully saturated rings. The first-order valence-electron chi connectivity index (χ1n) is 12.3. The van der Waals surface area contributed by atoms with Gasteiger partial charge in [0.15, 0.2) is 5.60 Å². The molecule has 5 aromatic rings. The van der Waals surface area contributed by atoms with Crippen molar-refractivity contribution in [1.82, 2.24) is 0 Å². The van der Waals surface area contributed by atoms with Crippen LogP contribution in [0.15, 0.2) is 115 Å². The molecule has 0 aromatic heterocycles. The van der Waals surface area contributed by atoms with E-state index in [1.54, 1.807) is 6.07 Å². The molecule has 2 heterocycles. The first kappa shape index (κ1) is 22.5. The summed E-state index contributed by atoms with van der Waals surface area (Å²) in [5.74, 6) is 0.826. The Kier molecular flexibility index (Phi) is 5.13. The van der Waals surface area contributed by atoms with Gasteiger partial charge in [-0.15, -0.1) is 0 Å². The number of fused-ring (bicyclic) bond motifs is 6. The van der Waals surface area contributed by atoms with Gasteiger partial charge in [-0.2, -0.15) is 0 Å². The van der Waals surface area contributed by atoms with Gasteiger partial charge in [0.1, 0.15) is 11.5 Å². The van der Waals surface area contributed by atoms with Crippen molar-refractivity contribution in [3.8, 4) is 11.5 Å². The van der Waals surface area contributed by atoms with Crippen molar-refractivity contribution < 1.29 is 14.3 Å². The summed E-state index contributed by atoms with van der Waals surface area (Å²) in [6.45, 7) is 0. The molecule has 1 spiro atoms. The van der Waals surface area contributed by atoms with Crippen LogP contribution in [0.25, 0.3) is 0 Å². The number of carbonyl (C=O) groups is 1. The van der Waals surface area contributed by atoms with Gasteiger partial charge in [0.05, 0.1) is 27.5 Å². The number of anilines is 4. The third-order valence-corrected chi connectivity index (χ3v) is 7.27. The first-order valence-corrected chi connectivity index (χ1v) is 12.6. The van der Waals surface area contributed by atoms with Crippen molar-refractivity contribution in [1.29, 1.82) is 0 Å². The number of halogens is 1. The van der Waals surface area contributed by atoms with Crippen molar-refractivity contribution in [2.24, 2.45) is 0 Å². The second kappa shape index (κ2) is 8.68. The Bertz CT molecular complexity index is 1720. The molecule has 38 heavy (non-hydrogen) atoms. The van der Waals surface area contributed by atoms with E-state index in [0.29, 0.717) is 22.1 Å². The van der Waals surface area contributed by atoms with Gasteiger partial charge in [-0.1, -0.05) is 66.2 Å². The molecule has 0 saturated heterocycles. The molecule has 2 aliphatic rings. The lowest BCUT2D eigenvalue weighted by Gasteiger charge is -2.38. The second-order valence-electron chi connectivity index (χ2n) is 9.20. The lowest BCUT2D eigenvalue weighted by Crippen LogP contribution is -2.33. The molecule has 1 unspecified atom stereocenters. The van der Waals surface area contributed by atoms with E-state index in [9.17, 15) is 4.79 Å². The van der Waals surface area contributed by atoms with E-state index in [1.807, 2.05) is 109 Å². The summed E-state index contributed by atoms with van der Waals surface area (Å²) in [7, 11) is 0. The Morgan fingerprint density at radius 2 is 1.39 bits per heavy atom. The average Bonchev–Trinajstić information content (AvgIpc) is 3.23. The summed E-state index contributed by atoms with van der Waals surface area (Å²) in [4.78, 5) is 13.3. The van der Waals surface area contributed by atoms with Gasteiger partial charge < -0.3 is 20.1 Å². The minimum absolute atomic E-state index is 0.376. The zero-order chi connectivity index (χ0) is 25.7. The van der Waals surface area contributed by atoms with E-state index < -0.39 is 5.60 Å². The minimum atomic E-state index is -1.20. The van der Waals surface area contributed by atoms with Gasteiger partial charge in [-0.25, -0.2) is 4.79 Å². The van der Waals surface area contributed by atoms with Crippen molar-refractivity contribution in [3.63, 3.8) is 0 Å². The van der Waals surface area contributed by atoms with Gasteiger partial charge in [0, 0.05) is 28.6 Å². The zero-order valence-electron chi connectivity index (χ0n) is 20.1. The molecule has 0 amide bonds. The fraction of sp³-hybridized carbons (Fsp3) is 0.0312. The van der Waals surface area contributed by atoms with Crippen LogP contribution >= 0.6 is 11.6 Å². The van der Waals surface area contributed by atoms with Crippen molar-refractivity contribution in [2.75, 3.05) is 10.6 Å². The largest absolute Gasteiger partial charge is 0.456 e. The van der Waals surface area contributed by atoms with Crippen molar-refractivity contribution in [2.45, 2.75) is 5.60 Å². The molecule has 6 heteroatoms. The number of benzene rings is 5. The molecule has 0 radical (unpaired) electrons. The second-order valence-corrected chi connectivity index (χ2v) is 9.61. The molecule has 2 aliphatic heterocycles. The van der Waals surface area contributed by atoms with Crippen LogP contribution in [0.3, 0.4) is 0 Å². The van der Waals surface area contributed by atoms with Crippen LogP contribution in [-0.4, -0.2) is 5.97 Å². The molecule has 5 aromatic carbocycles. The highest BCUT2D eigenvalue weighted by Gasteiger charge is 2.54. The molecule has 1 atom stereocenters. The van der Waals surface area contributed by atoms with Crippen LogP contribution in [-0.2, 0) is 10.3 Å². The summed E-state index contributed by atoms with van der Waals surface area (Å²) in [5.41, 5.74) is 4.86. The van der Waals surface area contributed by atoms with Crippen LogP contribution in [0.2, 0.25) is 5.02 Å². The summed E-state index contributed by atoms with van der Waals surface area (Å²) < 4.78 is 12.9. The number of nitrogens with one attached hydrogen (secondary N) is 2. The Balaban J connectivity index is 1.44. The molecular formula is C32H21ClN2O3. The number of rotatable bonds is 4. The molecule has 7 rings (SSSR count). The van der Waals surface area contributed by atoms with Gasteiger partial charge in [-0.3, -0.25) is 0 Å². The van der Waals surface area contributed by atoms with Crippen LogP contribution in [0.5, 0.6) is 11.5 Å². The van der Waals surface area contributed by atoms with Crippen LogP contribution < -0.4 is 15.4 Å². The van der Waals surface area contributed by atoms with Gasteiger partial charge in [0.25, 0.3) is 0 Å². The maximum atomic E-state index is 13.3. The third-order valence-electron chi connectivity index (χ3n) is 6.94. The molecule has 5 nitrogen and oxygen atoms in total. The van der Waals surface area contributed by atoms with Crippen molar-refractivity contribution >= 4 is 40.3 Å². The van der Waals surface area contributed by atoms with Crippen molar-refractivity contribution in [3.05, 3.63) is 143 Å².